The van der Waals surface area contributed by atoms with Crippen molar-refractivity contribution in [2.75, 3.05) is 13.2 Å². The minimum Gasteiger partial charge on any atom is -0.382 e. The zero-order valence-corrected chi connectivity index (χ0v) is 10.6. The van der Waals surface area contributed by atoms with E-state index in [1.807, 2.05) is 11.6 Å². The lowest BCUT2D eigenvalue weighted by Gasteiger charge is -2.06. The molecule has 0 atom stereocenters. The van der Waals surface area contributed by atoms with Gasteiger partial charge in [-0.25, -0.2) is 4.68 Å². The van der Waals surface area contributed by atoms with Gasteiger partial charge in [0.1, 0.15) is 0 Å². The molecule has 94 valence electrons. The predicted molar refractivity (Wildman–Crippen MR) is 64.4 cm³/mol. The van der Waals surface area contributed by atoms with Gasteiger partial charge in [-0.15, -0.1) is 5.10 Å². The summed E-state index contributed by atoms with van der Waals surface area (Å²) >= 11 is 0. The molecule has 0 aliphatic heterocycles. The molecule has 0 saturated heterocycles. The van der Waals surface area contributed by atoms with Gasteiger partial charge >= 0.3 is 0 Å². The molecule has 0 bridgehead atoms. The molecule has 1 aromatic rings. The maximum absolute atomic E-state index is 8.72. The van der Waals surface area contributed by atoms with Crippen LogP contribution in [0.25, 0.3) is 0 Å². The molecule has 0 radical (unpaired) electrons. The minimum absolute atomic E-state index is 0.348. The van der Waals surface area contributed by atoms with Crippen LogP contribution in [0.3, 0.4) is 0 Å². The summed E-state index contributed by atoms with van der Waals surface area (Å²) < 4.78 is 7.21. The Kier molecular flexibility index (Phi) is 6.26. The fourth-order valence-corrected chi connectivity index (χ4v) is 1.73. The first-order valence-electron chi connectivity index (χ1n) is 6.19. The van der Waals surface area contributed by atoms with Crippen molar-refractivity contribution in [1.82, 2.24) is 15.0 Å². The van der Waals surface area contributed by atoms with E-state index in [2.05, 4.69) is 23.3 Å². The van der Waals surface area contributed by atoms with Crippen LogP contribution in [0, 0.1) is 11.3 Å². The smallest absolute Gasteiger partial charge is 0.0999 e. The third kappa shape index (κ3) is 4.16. The van der Waals surface area contributed by atoms with Crippen molar-refractivity contribution < 1.29 is 4.74 Å². The second-order valence-electron chi connectivity index (χ2n) is 3.84. The second-order valence-corrected chi connectivity index (χ2v) is 3.84. The second kappa shape index (κ2) is 7.80. The molecular formula is C12H20N4O. The molecule has 0 aromatic carbocycles. The van der Waals surface area contributed by atoms with E-state index in [0.29, 0.717) is 6.42 Å². The van der Waals surface area contributed by atoms with Crippen LogP contribution in [0.5, 0.6) is 0 Å². The molecule has 0 N–H and O–H groups in total. The van der Waals surface area contributed by atoms with Gasteiger partial charge in [0, 0.05) is 19.8 Å². The van der Waals surface area contributed by atoms with Crippen LogP contribution in [0.1, 0.15) is 38.1 Å². The normalized spacial score (nSPS) is 10.4. The van der Waals surface area contributed by atoms with Gasteiger partial charge in [0.15, 0.2) is 0 Å². The Morgan fingerprint density at radius 1 is 1.41 bits per heavy atom. The Balaban J connectivity index is 2.60. The number of aryl methyl sites for hydroxylation is 1. The Bertz CT molecular complexity index is 367. The molecule has 0 unspecified atom stereocenters. The summed E-state index contributed by atoms with van der Waals surface area (Å²) in [7, 11) is 0. The first-order chi connectivity index (χ1) is 8.33. The number of hydrogen-bond acceptors (Lipinski definition) is 4. The summed E-state index contributed by atoms with van der Waals surface area (Å²) in [5, 5.41) is 16.9. The van der Waals surface area contributed by atoms with Crippen molar-refractivity contribution in [3.63, 3.8) is 0 Å². The van der Waals surface area contributed by atoms with E-state index >= 15 is 0 Å². The summed E-state index contributed by atoms with van der Waals surface area (Å²) in [5.41, 5.74) is 1.93. The lowest BCUT2D eigenvalue weighted by atomic mass is 10.2. The van der Waals surface area contributed by atoms with Gasteiger partial charge in [-0.1, -0.05) is 18.6 Å². The van der Waals surface area contributed by atoms with Crippen molar-refractivity contribution in [3.8, 4) is 6.07 Å². The third-order valence-electron chi connectivity index (χ3n) is 2.51. The van der Waals surface area contributed by atoms with Crippen molar-refractivity contribution in [2.45, 2.75) is 46.1 Å². The Morgan fingerprint density at radius 2 is 2.24 bits per heavy atom. The molecule has 5 heteroatoms. The molecule has 0 saturated carbocycles. The van der Waals surface area contributed by atoms with Crippen molar-refractivity contribution in [2.24, 2.45) is 0 Å². The molecule has 0 fully saturated rings. The van der Waals surface area contributed by atoms with Crippen molar-refractivity contribution in [3.05, 3.63) is 11.4 Å². The van der Waals surface area contributed by atoms with E-state index in [-0.39, 0.29) is 0 Å². The highest BCUT2D eigenvalue weighted by Gasteiger charge is 2.11. The van der Waals surface area contributed by atoms with Crippen LogP contribution < -0.4 is 0 Å². The Labute approximate surface area is 102 Å². The van der Waals surface area contributed by atoms with Crippen LogP contribution in [-0.2, 0) is 24.1 Å². The average Bonchev–Trinajstić information content (AvgIpc) is 2.69. The molecule has 17 heavy (non-hydrogen) atoms. The van der Waals surface area contributed by atoms with Crippen LogP contribution in [-0.4, -0.2) is 28.2 Å². The van der Waals surface area contributed by atoms with Gasteiger partial charge in [0.25, 0.3) is 0 Å². The number of aromatic nitrogens is 3. The van der Waals surface area contributed by atoms with Gasteiger partial charge in [0.05, 0.1) is 23.9 Å². The van der Waals surface area contributed by atoms with Crippen LogP contribution in [0.2, 0.25) is 0 Å². The van der Waals surface area contributed by atoms with Gasteiger partial charge in [-0.2, -0.15) is 5.26 Å². The quantitative estimate of drug-likeness (QED) is 0.645. The van der Waals surface area contributed by atoms with Crippen molar-refractivity contribution >= 4 is 0 Å². The summed E-state index contributed by atoms with van der Waals surface area (Å²) in [6, 6.07) is 2.13. The zero-order valence-electron chi connectivity index (χ0n) is 10.6. The number of ether oxygens (including phenoxy) is 1. The molecular weight excluding hydrogens is 216 g/mol. The van der Waals surface area contributed by atoms with E-state index in [1.54, 1.807) is 0 Å². The van der Waals surface area contributed by atoms with Crippen LogP contribution >= 0.6 is 0 Å². The molecule has 0 amide bonds. The highest BCUT2D eigenvalue weighted by Crippen LogP contribution is 2.09. The third-order valence-corrected chi connectivity index (χ3v) is 2.51. The summed E-state index contributed by atoms with van der Waals surface area (Å²) in [5.74, 6) is 0. The van der Waals surface area contributed by atoms with E-state index in [1.165, 1.54) is 0 Å². The van der Waals surface area contributed by atoms with Gasteiger partial charge in [-0.05, 0) is 19.8 Å². The van der Waals surface area contributed by atoms with E-state index in [4.69, 9.17) is 10.00 Å². The largest absolute Gasteiger partial charge is 0.382 e. The van der Waals surface area contributed by atoms with Crippen LogP contribution in [0.15, 0.2) is 0 Å². The highest BCUT2D eigenvalue weighted by atomic mass is 16.5. The first kappa shape index (κ1) is 13.7. The SMILES string of the molecule is CCCc1c(CC#N)nnn1CCCOCC. The number of nitriles is 1. The monoisotopic (exact) mass is 236 g/mol. The van der Waals surface area contributed by atoms with E-state index in [0.717, 1.165) is 50.4 Å². The standard InChI is InChI=1S/C12H20N4O/c1-3-6-12-11(7-8-13)14-15-16(12)9-5-10-17-4-2/h3-7,9-10H2,1-2H3. The number of nitrogens with zero attached hydrogens (tertiary/aromatic N) is 4. The fraction of sp³-hybridized carbons (Fsp3) is 0.750. The van der Waals surface area contributed by atoms with E-state index in [9.17, 15) is 0 Å². The summed E-state index contributed by atoms with van der Waals surface area (Å²) in [6.45, 7) is 6.42. The van der Waals surface area contributed by atoms with Crippen molar-refractivity contribution in [1.29, 1.82) is 5.26 Å². The minimum atomic E-state index is 0.348. The Morgan fingerprint density at radius 3 is 2.88 bits per heavy atom. The number of rotatable bonds is 8. The molecule has 1 aromatic heterocycles. The summed E-state index contributed by atoms with van der Waals surface area (Å²) in [6.07, 6.45) is 3.25. The predicted octanol–water partition coefficient (Wildman–Crippen LogP) is 1.72. The first-order valence-corrected chi connectivity index (χ1v) is 6.19. The number of hydrogen-bond donors (Lipinski definition) is 0. The lowest BCUT2D eigenvalue weighted by molar-refractivity contribution is 0.140. The molecule has 1 heterocycles. The summed E-state index contributed by atoms with van der Waals surface area (Å²) in [4.78, 5) is 0. The fourth-order valence-electron chi connectivity index (χ4n) is 1.73. The van der Waals surface area contributed by atoms with E-state index < -0.39 is 0 Å². The molecule has 5 nitrogen and oxygen atoms in total. The van der Waals surface area contributed by atoms with Gasteiger partial charge in [-0.3, -0.25) is 0 Å². The maximum atomic E-state index is 8.72. The molecule has 0 aliphatic rings. The van der Waals surface area contributed by atoms with Crippen LogP contribution in [0.4, 0.5) is 0 Å². The molecule has 0 aliphatic carbocycles. The lowest BCUT2D eigenvalue weighted by Crippen LogP contribution is -2.08. The average molecular weight is 236 g/mol. The topological polar surface area (TPSA) is 63.7 Å². The molecule has 1 rings (SSSR count). The highest BCUT2D eigenvalue weighted by molar-refractivity contribution is 5.14. The Hall–Kier alpha value is -1.41. The maximum Gasteiger partial charge on any atom is 0.0999 e. The van der Waals surface area contributed by atoms with Gasteiger partial charge in [0.2, 0.25) is 0 Å². The molecule has 0 spiro atoms. The van der Waals surface area contributed by atoms with Gasteiger partial charge < -0.3 is 4.74 Å². The zero-order chi connectivity index (χ0) is 12.5.